The van der Waals surface area contributed by atoms with Crippen LogP contribution in [0.5, 0.6) is 0 Å². The molecule has 1 fully saturated rings. The first-order chi connectivity index (χ1) is 11.2. The van der Waals surface area contributed by atoms with Gasteiger partial charge in [0, 0.05) is 31.9 Å². The Morgan fingerprint density at radius 1 is 1.43 bits per heavy atom. The summed E-state index contributed by atoms with van der Waals surface area (Å²) < 4.78 is 1.82. The molecule has 23 heavy (non-hydrogen) atoms. The summed E-state index contributed by atoms with van der Waals surface area (Å²) in [7, 11) is 0. The average molecular weight is 333 g/mol. The molecule has 7 heteroatoms. The van der Waals surface area contributed by atoms with Gasteiger partial charge in [0.1, 0.15) is 0 Å². The van der Waals surface area contributed by atoms with Crippen molar-refractivity contribution < 1.29 is 14.7 Å². The fourth-order valence-corrected chi connectivity index (χ4v) is 3.86. The van der Waals surface area contributed by atoms with Gasteiger partial charge in [-0.3, -0.25) is 14.3 Å². The van der Waals surface area contributed by atoms with Gasteiger partial charge in [-0.1, -0.05) is 0 Å². The lowest BCUT2D eigenvalue weighted by Crippen LogP contribution is -2.45. The summed E-state index contributed by atoms with van der Waals surface area (Å²) in [6, 6.07) is 3.42. The lowest BCUT2D eigenvalue weighted by atomic mass is 9.85. The average Bonchev–Trinajstić information content (AvgIpc) is 3.21. The number of rotatable bonds is 6. The zero-order valence-electron chi connectivity index (χ0n) is 12.7. The summed E-state index contributed by atoms with van der Waals surface area (Å²) in [4.78, 5) is 25.7. The Morgan fingerprint density at radius 3 is 2.96 bits per heavy atom. The number of aromatic nitrogens is 2. The number of carboxylic acid groups (broad SMARTS) is 1. The second-order valence-corrected chi connectivity index (χ2v) is 6.47. The van der Waals surface area contributed by atoms with Crippen molar-refractivity contribution in [3.63, 3.8) is 0 Å². The van der Waals surface area contributed by atoms with Crippen molar-refractivity contribution >= 4 is 23.2 Å². The quantitative estimate of drug-likeness (QED) is 0.881. The van der Waals surface area contributed by atoms with Gasteiger partial charge in [0.2, 0.25) is 5.91 Å². The van der Waals surface area contributed by atoms with E-state index in [9.17, 15) is 14.7 Å². The van der Waals surface area contributed by atoms with Crippen LogP contribution in [0.1, 0.15) is 30.9 Å². The highest BCUT2D eigenvalue weighted by Gasteiger charge is 2.40. The van der Waals surface area contributed by atoms with Crippen LogP contribution in [0.3, 0.4) is 0 Å². The van der Waals surface area contributed by atoms with Crippen LogP contribution in [-0.4, -0.2) is 38.2 Å². The van der Waals surface area contributed by atoms with Crippen LogP contribution >= 0.6 is 11.3 Å². The van der Waals surface area contributed by atoms with Crippen LogP contribution in [-0.2, 0) is 16.1 Å². The van der Waals surface area contributed by atoms with Crippen LogP contribution in [0.2, 0.25) is 0 Å². The lowest BCUT2D eigenvalue weighted by Gasteiger charge is -2.39. The predicted molar refractivity (Wildman–Crippen MR) is 86.0 cm³/mol. The van der Waals surface area contributed by atoms with Crippen LogP contribution in [0.25, 0.3) is 0 Å². The molecule has 2 aromatic rings. The van der Waals surface area contributed by atoms with Gasteiger partial charge in [-0.15, -0.1) is 0 Å². The Balaban J connectivity index is 1.75. The molecular weight excluding hydrogens is 314 g/mol. The van der Waals surface area contributed by atoms with Crippen molar-refractivity contribution in [2.75, 3.05) is 6.54 Å². The van der Waals surface area contributed by atoms with E-state index in [0.29, 0.717) is 25.9 Å². The Morgan fingerprint density at radius 2 is 2.30 bits per heavy atom. The third-order valence-corrected chi connectivity index (χ3v) is 4.96. The molecule has 0 saturated carbocycles. The van der Waals surface area contributed by atoms with E-state index in [1.54, 1.807) is 11.1 Å². The Bertz CT molecular complexity index is 654. The molecular formula is C16H19N3O3S. The molecule has 1 aliphatic rings. The SMILES string of the molecule is O=C(O)C1CCC(=O)N(CCCn2cccn2)C1c1ccsc1. The molecule has 2 atom stereocenters. The Hall–Kier alpha value is -2.15. The van der Waals surface area contributed by atoms with Crippen molar-refractivity contribution in [2.45, 2.75) is 31.8 Å². The first-order valence-electron chi connectivity index (χ1n) is 7.68. The smallest absolute Gasteiger partial charge is 0.308 e. The number of aryl methyl sites for hydroxylation is 1. The zero-order valence-corrected chi connectivity index (χ0v) is 13.5. The van der Waals surface area contributed by atoms with Crippen molar-refractivity contribution in [1.82, 2.24) is 14.7 Å². The molecule has 1 amide bonds. The van der Waals surface area contributed by atoms with Gasteiger partial charge >= 0.3 is 5.97 Å². The standard InChI is InChI=1S/C16H19N3O3S/c20-14-4-3-13(16(21)22)15(12-5-10-23-11-12)19(14)9-2-8-18-7-1-6-17-18/h1,5-7,10-11,13,15H,2-4,8-9H2,(H,21,22). The molecule has 0 radical (unpaired) electrons. The number of aliphatic carboxylic acids is 1. The number of carbonyl (C=O) groups is 2. The highest BCUT2D eigenvalue weighted by atomic mass is 32.1. The minimum atomic E-state index is -0.828. The van der Waals surface area contributed by atoms with Gasteiger partial charge in [0.15, 0.2) is 0 Å². The number of nitrogens with zero attached hydrogens (tertiary/aromatic N) is 3. The zero-order chi connectivity index (χ0) is 16.2. The summed E-state index contributed by atoms with van der Waals surface area (Å²) in [5.41, 5.74) is 0.925. The van der Waals surface area contributed by atoms with Gasteiger partial charge in [0.05, 0.1) is 12.0 Å². The molecule has 0 aromatic carbocycles. The number of likely N-dealkylation sites (tertiary alicyclic amines) is 1. The fourth-order valence-electron chi connectivity index (χ4n) is 3.17. The first-order valence-corrected chi connectivity index (χ1v) is 8.63. The maximum absolute atomic E-state index is 12.4. The van der Waals surface area contributed by atoms with Gasteiger partial charge in [-0.2, -0.15) is 16.4 Å². The number of carboxylic acids is 1. The normalized spacial score (nSPS) is 21.6. The molecule has 1 saturated heterocycles. The molecule has 0 bridgehead atoms. The highest BCUT2D eigenvalue weighted by Crippen LogP contribution is 2.37. The second kappa shape index (κ2) is 6.95. The van der Waals surface area contributed by atoms with Crippen molar-refractivity contribution in [3.8, 4) is 0 Å². The van der Waals surface area contributed by atoms with Crippen molar-refractivity contribution in [2.24, 2.45) is 5.92 Å². The van der Waals surface area contributed by atoms with Crippen LogP contribution in [0.15, 0.2) is 35.3 Å². The maximum atomic E-state index is 12.4. The van der Waals surface area contributed by atoms with Gasteiger partial charge < -0.3 is 10.0 Å². The van der Waals surface area contributed by atoms with E-state index in [1.807, 2.05) is 33.8 Å². The van der Waals surface area contributed by atoms with E-state index in [0.717, 1.165) is 12.0 Å². The Labute approximate surface area is 138 Å². The topological polar surface area (TPSA) is 75.4 Å². The van der Waals surface area contributed by atoms with Gasteiger partial charge in [0.25, 0.3) is 0 Å². The van der Waals surface area contributed by atoms with Crippen LogP contribution in [0, 0.1) is 5.92 Å². The van der Waals surface area contributed by atoms with Crippen LogP contribution < -0.4 is 0 Å². The molecule has 0 spiro atoms. The van der Waals surface area contributed by atoms with E-state index >= 15 is 0 Å². The molecule has 3 rings (SSSR count). The van der Waals surface area contributed by atoms with Gasteiger partial charge in [-0.25, -0.2) is 0 Å². The summed E-state index contributed by atoms with van der Waals surface area (Å²) >= 11 is 1.53. The fraction of sp³-hybridized carbons (Fsp3) is 0.438. The van der Waals surface area contributed by atoms with Crippen molar-refractivity contribution in [3.05, 3.63) is 40.8 Å². The second-order valence-electron chi connectivity index (χ2n) is 5.69. The molecule has 122 valence electrons. The minimum Gasteiger partial charge on any atom is -0.481 e. The van der Waals surface area contributed by atoms with E-state index < -0.39 is 11.9 Å². The van der Waals surface area contributed by atoms with E-state index in [4.69, 9.17) is 0 Å². The van der Waals surface area contributed by atoms with E-state index in [1.165, 1.54) is 11.3 Å². The van der Waals surface area contributed by atoms with Crippen molar-refractivity contribution in [1.29, 1.82) is 0 Å². The molecule has 0 aliphatic carbocycles. The Kier molecular flexibility index (Phi) is 4.76. The largest absolute Gasteiger partial charge is 0.481 e. The molecule has 1 aliphatic heterocycles. The first kappa shape index (κ1) is 15.7. The summed E-state index contributed by atoms with van der Waals surface area (Å²) in [6.45, 7) is 1.26. The van der Waals surface area contributed by atoms with E-state index in [-0.39, 0.29) is 11.9 Å². The molecule has 3 heterocycles. The third kappa shape index (κ3) is 3.44. The number of amides is 1. The van der Waals surface area contributed by atoms with E-state index in [2.05, 4.69) is 5.10 Å². The number of piperidine rings is 1. The molecule has 2 aromatic heterocycles. The number of carbonyl (C=O) groups excluding carboxylic acids is 1. The maximum Gasteiger partial charge on any atom is 0.308 e. The van der Waals surface area contributed by atoms with Crippen LogP contribution in [0.4, 0.5) is 0 Å². The molecule has 6 nitrogen and oxygen atoms in total. The predicted octanol–water partition coefficient (Wildman–Crippen LogP) is 2.40. The summed E-state index contributed by atoms with van der Waals surface area (Å²) in [6.07, 6.45) is 5.07. The summed E-state index contributed by atoms with van der Waals surface area (Å²) in [5, 5.41) is 17.6. The van der Waals surface area contributed by atoms with Gasteiger partial charge in [-0.05, 0) is 41.3 Å². The lowest BCUT2D eigenvalue weighted by molar-refractivity contribution is -0.152. The monoisotopic (exact) mass is 333 g/mol. The number of hydrogen-bond acceptors (Lipinski definition) is 4. The number of thiophene rings is 1. The third-order valence-electron chi connectivity index (χ3n) is 4.25. The highest BCUT2D eigenvalue weighted by molar-refractivity contribution is 7.08. The minimum absolute atomic E-state index is 0.0409. The number of hydrogen-bond donors (Lipinski definition) is 1. The molecule has 1 N–H and O–H groups in total. The summed E-state index contributed by atoms with van der Waals surface area (Å²) in [5.74, 6) is -1.32. The molecule has 2 unspecified atom stereocenters.